The van der Waals surface area contributed by atoms with Crippen molar-refractivity contribution >= 4 is 16.6 Å². The first kappa shape index (κ1) is 9.41. The van der Waals surface area contributed by atoms with Crippen molar-refractivity contribution in [2.45, 2.75) is 25.2 Å². The van der Waals surface area contributed by atoms with Gasteiger partial charge in [-0.1, -0.05) is 36.4 Å². The summed E-state index contributed by atoms with van der Waals surface area (Å²) in [6.07, 6.45) is 2.64. The van der Waals surface area contributed by atoms with Crippen LogP contribution in [0, 0.1) is 5.92 Å². The maximum absolute atomic E-state index is 11.7. The van der Waals surface area contributed by atoms with Crippen LogP contribution in [0.25, 0.3) is 10.8 Å². The summed E-state index contributed by atoms with van der Waals surface area (Å²) in [7, 11) is 0. The van der Waals surface area contributed by atoms with E-state index in [1.807, 2.05) is 0 Å². The van der Waals surface area contributed by atoms with Crippen molar-refractivity contribution in [2.75, 3.05) is 0 Å². The lowest BCUT2D eigenvalue weighted by Crippen LogP contribution is -2.15. The van der Waals surface area contributed by atoms with Gasteiger partial charge >= 0.3 is 0 Å². The Morgan fingerprint density at radius 3 is 2.65 bits per heavy atom. The number of fused-ring (bicyclic) bond motifs is 2. The molecule has 2 aromatic rings. The quantitative estimate of drug-likeness (QED) is 0.667. The van der Waals surface area contributed by atoms with Crippen molar-refractivity contribution in [1.82, 2.24) is 0 Å². The first-order chi connectivity index (χ1) is 8.33. The molecule has 0 saturated heterocycles. The van der Waals surface area contributed by atoms with Gasteiger partial charge < -0.3 is 0 Å². The van der Waals surface area contributed by atoms with Crippen LogP contribution in [0.3, 0.4) is 0 Å². The Labute approximate surface area is 100 Å². The third-order valence-electron chi connectivity index (χ3n) is 4.41. The van der Waals surface area contributed by atoms with Gasteiger partial charge in [-0.3, -0.25) is 4.79 Å². The number of carbonyl (C=O) groups is 1. The molecule has 1 saturated carbocycles. The van der Waals surface area contributed by atoms with E-state index in [9.17, 15) is 4.79 Å². The third-order valence-corrected chi connectivity index (χ3v) is 4.41. The van der Waals surface area contributed by atoms with Crippen LogP contribution in [-0.4, -0.2) is 5.78 Å². The Morgan fingerprint density at radius 2 is 1.76 bits per heavy atom. The number of rotatable bonds is 0. The molecule has 0 radical (unpaired) electrons. The molecule has 0 amide bonds. The summed E-state index contributed by atoms with van der Waals surface area (Å²) in [5.74, 6) is 1.49. The van der Waals surface area contributed by atoms with Gasteiger partial charge in [-0.05, 0) is 40.2 Å². The molecule has 2 aliphatic carbocycles. The number of hydrogen-bond acceptors (Lipinski definition) is 1. The fourth-order valence-electron chi connectivity index (χ4n) is 3.72. The standard InChI is InChI=1S/C16H14O/c17-13-8-12-7-11-5-1-3-10-4-2-6-14(16(10)11)15(12)9-13/h1-6,12,15H,7-9H2. The summed E-state index contributed by atoms with van der Waals surface area (Å²) in [6.45, 7) is 0. The minimum Gasteiger partial charge on any atom is -0.300 e. The molecular weight excluding hydrogens is 208 g/mol. The summed E-state index contributed by atoms with van der Waals surface area (Å²) in [5.41, 5.74) is 2.86. The second-order valence-electron chi connectivity index (χ2n) is 5.38. The van der Waals surface area contributed by atoms with Crippen LogP contribution in [0.2, 0.25) is 0 Å². The highest BCUT2D eigenvalue weighted by molar-refractivity contribution is 5.92. The van der Waals surface area contributed by atoms with Crippen molar-refractivity contribution in [3.63, 3.8) is 0 Å². The summed E-state index contributed by atoms with van der Waals surface area (Å²) in [5, 5.41) is 2.75. The predicted molar refractivity (Wildman–Crippen MR) is 68.1 cm³/mol. The fraction of sp³-hybridized carbons (Fsp3) is 0.312. The van der Waals surface area contributed by atoms with Crippen LogP contribution >= 0.6 is 0 Å². The van der Waals surface area contributed by atoms with E-state index in [2.05, 4.69) is 36.4 Å². The number of hydrogen-bond donors (Lipinski definition) is 0. The Morgan fingerprint density at radius 1 is 0.941 bits per heavy atom. The van der Waals surface area contributed by atoms with E-state index < -0.39 is 0 Å². The zero-order valence-corrected chi connectivity index (χ0v) is 9.65. The van der Waals surface area contributed by atoms with Crippen LogP contribution < -0.4 is 0 Å². The minimum atomic E-state index is 0.449. The Balaban J connectivity index is 2.03. The lowest BCUT2D eigenvalue weighted by molar-refractivity contribution is -0.117. The number of carbonyl (C=O) groups excluding carboxylic acids is 1. The molecule has 1 heteroatoms. The van der Waals surface area contributed by atoms with E-state index in [1.165, 1.54) is 21.9 Å². The SMILES string of the molecule is O=C1CC2Cc3cccc4cccc(c34)C2C1. The Hall–Kier alpha value is -1.63. The lowest BCUT2D eigenvalue weighted by Gasteiger charge is -2.27. The molecule has 2 atom stereocenters. The van der Waals surface area contributed by atoms with E-state index in [0.717, 1.165) is 19.3 Å². The first-order valence-corrected chi connectivity index (χ1v) is 6.35. The Bertz CT molecular complexity index is 621. The van der Waals surface area contributed by atoms with Crippen LogP contribution in [0.4, 0.5) is 0 Å². The summed E-state index contributed by atoms with van der Waals surface area (Å²) < 4.78 is 0. The molecule has 17 heavy (non-hydrogen) atoms. The van der Waals surface area contributed by atoms with Gasteiger partial charge in [-0.25, -0.2) is 0 Å². The van der Waals surface area contributed by atoms with Crippen LogP contribution in [-0.2, 0) is 11.2 Å². The molecule has 0 aromatic heterocycles. The van der Waals surface area contributed by atoms with Crippen LogP contribution in [0.1, 0.15) is 29.9 Å². The summed E-state index contributed by atoms with van der Waals surface area (Å²) in [6, 6.07) is 13.1. The van der Waals surface area contributed by atoms with Gasteiger partial charge in [0, 0.05) is 12.8 Å². The maximum atomic E-state index is 11.7. The molecule has 0 aliphatic heterocycles. The molecule has 0 heterocycles. The van der Waals surface area contributed by atoms with Gasteiger partial charge in [0.1, 0.15) is 5.78 Å². The van der Waals surface area contributed by atoms with Gasteiger partial charge in [0.05, 0.1) is 0 Å². The topological polar surface area (TPSA) is 17.1 Å². The van der Waals surface area contributed by atoms with Crippen molar-refractivity contribution in [1.29, 1.82) is 0 Å². The third kappa shape index (κ3) is 1.22. The van der Waals surface area contributed by atoms with Gasteiger partial charge in [0.2, 0.25) is 0 Å². The molecule has 0 N–H and O–H groups in total. The van der Waals surface area contributed by atoms with Gasteiger partial charge in [-0.15, -0.1) is 0 Å². The molecule has 4 rings (SSSR count). The van der Waals surface area contributed by atoms with E-state index in [4.69, 9.17) is 0 Å². The molecule has 0 bridgehead atoms. The van der Waals surface area contributed by atoms with Crippen LogP contribution in [0.15, 0.2) is 36.4 Å². The molecule has 2 unspecified atom stereocenters. The van der Waals surface area contributed by atoms with Gasteiger partial charge in [-0.2, -0.15) is 0 Å². The van der Waals surface area contributed by atoms with Crippen molar-refractivity contribution in [3.05, 3.63) is 47.5 Å². The molecule has 84 valence electrons. The van der Waals surface area contributed by atoms with Gasteiger partial charge in [0.15, 0.2) is 0 Å². The minimum absolute atomic E-state index is 0.449. The highest BCUT2D eigenvalue weighted by Gasteiger charge is 2.37. The van der Waals surface area contributed by atoms with E-state index in [0.29, 0.717) is 17.6 Å². The molecule has 2 aliphatic rings. The molecule has 1 fully saturated rings. The van der Waals surface area contributed by atoms with Gasteiger partial charge in [0.25, 0.3) is 0 Å². The largest absolute Gasteiger partial charge is 0.300 e. The lowest BCUT2D eigenvalue weighted by atomic mass is 9.76. The zero-order chi connectivity index (χ0) is 11.4. The van der Waals surface area contributed by atoms with Crippen LogP contribution in [0.5, 0.6) is 0 Å². The smallest absolute Gasteiger partial charge is 0.133 e. The van der Waals surface area contributed by atoms with E-state index in [1.54, 1.807) is 0 Å². The average Bonchev–Trinajstić information content (AvgIpc) is 2.70. The first-order valence-electron chi connectivity index (χ1n) is 6.35. The maximum Gasteiger partial charge on any atom is 0.133 e. The number of ketones is 1. The van der Waals surface area contributed by atoms with E-state index in [-0.39, 0.29) is 0 Å². The Kier molecular flexibility index (Phi) is 1.77. The van der Waals surface area contributed by atoms with Crippen molar-refractivity contribution in [3.8, 4) is 0 Å². The monoisotopic (exact) mass is 222 g/mol. The number of benzene rings is 2. The highest BCUT2D eigenvalue weighted by Crippen LogP contribution is 2.46. The zero-order valence-electron chi connectivity index (χ0n) is 9.65. The summed E-state index contributed by atoms with van der Waals surface area (Å²) in [4.78, 5) is 11.7. The van der Waals surface area contributed by atoms with Crippen molar-refractivity contribution in [2.24, 2.45) is 5.92 Å². The molecule has 0 spiro atoms. The second-order valence-corrected chi connectivity index (χ2v) is 5.38. The molecule has 2 aromatic carbocycles. The normalized spacial score (nSPS) is 26.2. The second kappa shape index (κ2) is 3.19. The highest BCUT2D eigenvalue weighted by atomic mass is 16.1. The molecular formula is C16H14O. The van der Waals surface area contributed by atoms with Crippen molar-refractivity contribution < 1.29 is 4.79 Å². The van der Waals surface area contributed by atoms with E-state index >= 15 is 0 Å². The fourth-order valence-corrected chi connectivity index (χ4v) is 3.72. The molecule has 1 nitrogen and oxygen atoms in total. The summed E-state index contributed by atoms with van der Waals surface area (Å²) >= 11 is 0. The number of Topliss-reactive ketones (excluding diaryl/α,β-unsaturated/α-hetero) is 1. The predicted octanol–water partition coefficient (Wildman–Crippen LogP) is 3.46. The average molecular weight is 222 g/mol.